The van der Waals surface area contributed by atoms with Gasteiger partial charge in [-0.15, -0.1) is 0 Å². The number of anilines is 2. The minimum absolute atomic E-state index is 0.0982. The Kier molecular flexibility index (Phi) is 7.34. The number of pyridine rings is 2. The quantitative estimate of drug-likeness (QED) is 0.305. The highest BCUT2D eigenvalue weighted by molar-refractivity contribution is 6.09. The van der Waals surface area contributed by atoms with Crippen molar-refractivity contribution in [3.8, 4) is 17.2 Å². The van der Waals surface area contributed by atoms with Gasteiger partial charge in [0.15, 0.2) is 0 Å². The number of amides is 2. The molecule has 2 fully saturated rings. The van der Waals surface area contributed by atoms with Gasteiger partial charge in [0.1, 0.15) is 5.82 Å². The summed E-state index contributed by atoms with van der Waals surface area (Å²) in [7, 11) is 0. The van der Waals surface area contributed by atoms with E-state index in [0.717, 1.165) is 46.3 Å². The monoisotopic (exact) mass is 558 g/mol. The molecule has 212 valence electrons. The van der Waals surface area contributed by atoms with E-state index in [-0.39, 0.29) is 23.9 Å². The van der Waals surface area contributed by atoms with Crippen LogP contribution in [0.1, 0.15) is 67.4 Å². The average molecular weight is 559 g/mol. The molecule has 2 aromatic carbocycles. The molecule has 2 aromatic heterocycles. The van der Waals surface area contributed by atoms with E-state index in [4.69, 9.17) is 4.98 Å². The fourth-order valence-corrected chi connectivity index (χ4v) is 6.22. The van der Waals surface area contributed by atoms with Crippen molar-refractivity contribution in [1.82, 2.24) is 14.9 Å². The molecule has 2 atom stereocenters. The molecule has 0 radical (unpaired) electrons. The zero-order valence-electron chi connectivity index (χ0n) is 24.2. The first-order valence-corrected chi connectivity index (χ1v) is 14.6. The maximum Gasteiger partial charge on any atom is 0.257 e. The Morgan fingerprint density at radius 2 is 1.71 bits per heavy atom. The molecule has 1 aliphatic heterocycles. The van der Waals surface area contributed by atoms with Crippen LogP contribution in [-0.4, -0.2) is 51.9 Å². The number of hydrogen-bond donors (Lipinski definition) is 1. The van der Waals surface area contributed by atoms with Gasteiger partial charge in [-0.05, 0) is 68.0 Å². The number of nitrogens with one attached hydrogen (secondary N) is 1. The van der Waals surface area contributed by atoms with E-state index in [2.05, 4.69) is 35.1 Å². The zero-order valence-corrected chi connectivity index (χ0v) is 24.2. The number of piperazine rings is 1. The maximum absolute atomic E-state index is 13.6. The summed E-state index contributed by atoms with van der Waals surface area (Å²) in [5, 5.41) is 13.2. The number of hydrogen-bond acceptors (Lipinski definition) is 6. The number of nitriles is 1. The van der Waals surface area contributed by atoms with Gasteiger partial charge < -0.3 is 15.1 Å². The van der Waals surface area contributed by atoms with Gasteiger partial charge in [-0.25, -0.2) is 4.98 Å². The van der Waals surface area contributed by atoms with Crippen molar-refractivity contribution >= 4 is 34.2 Å². The third-order valence-electron chi connectivity index (χ3n) is 8.33. The summed E-state index contributed by atoms with van der Waals surface area (Å²) in [6, 6.07) is 19.8. The summed E-state index contributed by atoms with van der Waals surface area (Å²) in [6.45, 7) is 7.49. The van der Waals surface area contributed by atoms with Gasteiger partial charge >= 0.3 is 0 Å². The molecule has 1 unspecified atom stereocenters. The number of carbonyl (C=O) groups is 2. The van der Waals surface area contributed by atoms with Crippen molar-refractivity contribution < 1.29 is 9.59 Å². The summed E-state index contributed by atoms with van der Waals surface area (Å²) >= 11 is 0. The van der Waals surface area contributed by atoms with E-state index in [1.54, 1.807) is 12.4 Å². The van der Waals surface area contributed by atoms with Gasteiger partial charge in [-0.1, -0.05) is 37.3 Å². The van der Waals surface area contributed by atoms with E-state index < -0.39 is 0 Å². The molecule has 0 spiro atoms. The molecule has 6 rings (SSSR count). The summed E-state index contributed by atoms with van der Waals surface area (Å²) < 4.78 is 0. The van der Waals surface area contributed by atoms with Crippen molar-refractivity contribution in [1.29, 1.82) is 5.26 Å². The predicted molar refractivity (Wildman–Crippen MR) is 164 cm³/mol. The Bertz CT molecular complexity index is 1680. The first kappa shape index (κ1) is 27.4. The van der Waals surface area contributed by atoms with Gasteiger partial charge in [0, 0.05) is 48.7 Å². The Morgan fingerprint density at radius 1 is 0.976 bits per heavy atom. The van der Waals surface area contributed by atoms with E-state index in [1.807, 2.05) is 66.4 Å². The highest BCUT2D eigenvalue weighted by Gasteiger charge is 2.33. The van der Waals surface area contributed by atoms with Gasteiger partial charge in [0.25, 0.3) is 5.91 Å². The lowest BCUT2D eigenvalue weighted by atomic mass is 9.94. The second-order valence-corrected chi connectivity index (χ2v) is 11.4. The van der Waals surface area contributed by atoms with Gasteiger partial charge in [0.2, 0.25) is 5.91 Å². The predicted octanol–water partition coefficient (Wildman–Crippen LogP) is 6.13. The van der Waals surface area contributed by atoms with E-state index >= 15 is 0 Å². The SMILES string of the molecule is CCC(=O)N1C(C)CN(c2ccc(NC(=O)c3cnc4c(-c5ccc(C#N)cc5)cccc4c3C3CC3)cn2)C[C@H]1C. The zero-order chi connectivity index (χ0) is 29.4. The number of para-hydroxylation sites is 1. The van der Waals surface area contributed by atoms with Crippen LogP contribution < -0.4 is 10.2 Å². The van der Waals surface area contributed by atoms with Crippen LogP contribution in [0.4, 0.5) is 11.5 Å². The molecule has 1 N–H and O–H groups in total. The standard InChI is InChI=1S/C34H34N6O2/c1-4-31(41)40-21(2)19-39(20-22(40)3)30-15-14-26(17-36-30)38-34(42)29-18-37-33-27(24-10-8-23(16-35)9-11-24)6-5-7-28(33)32(29)25-12-13-25/h5-11,14-15,17-18,21-22,25H,4,12-13,19-20H2,1-3H3,(H,38,42)/t21-,22?/m1/s1. The van der Waals surface area contributed by atoms with Crippen LogP contribution >= 0.6 is 0 Å². The lowest BCUT2D eigenvalue weighted by molar-refractivity contribution is -0.135. The fourth-order valence-electron chi connectivity index (χ4n) is 6.22. The average Bonchev–Trinajstić information content (AvgIpc) is 3.85. The summed E-state index contributed by atoms with van der Waals surface area (Å²) in [4.78, 5) is 39.6. The minimum Gasteiger partial charge on any atom is -0.353 e. The van der Waals surface area contributed by atoms with Gasteiger partial charge in [0.05, 0.1) is 34.6 Å². The molecule has 0 bridgehead atoms. The molecule has 3 heterocycles. The van der Waals surface area contributed by atoms with E-state index in [1.165, 1.54) is 0 Å². The molecular formula is C34H34N6O2. The largest absolute Gasteiger partial charge is 0.353 e. The summed E-state index contributed by atoms with van der Waals surface area (Å²) in [6.07, 6.45) is 5.99. The number of benzene rings is 2. The van der Waals surface area contributed by atoms with Crippen LogP contribution in [0.3, 0.4) is 0 Å². The van der Waals surface area contributed by atoms with Crippen molar-refractivity contribution in [3.63, 3.8) is 0 Å². The normalized spacial score (nSPS) is 18.5. The van der Waals surface area contributed by atoms with Crippen LogP contribution in [0.2, 0.25) is 0 Å². The molecule has 8 heteroatoms. The second-order valence-electron chi connectivity index (χ2n) is 11.4. The number of carbonyl (C=O) groups excluding carboxylic acids is 2. The molecule has 2 amide bonds. The minimum atomic E-state index is -0.196. The Labute approximate surface area is 246 Å². The lowest BCUT2D eigenvalue weighted by Crippen LogP contribution is -2.58. The smallest absolute Gasteiger partial charge is 0.257 e. The fraction of sp³-hybridized carbons (Fsp3) is 0.324. The molecule has 2 aliphatic rings. The third-order valence-corrected chi connectivity index (χ3v) is 8.33. The summed E-state index contributed by atoms with van der Waals surface area (Å²) in [5.41, 5.74) is 5.69. The Balaban J connectivity index is 1.23. The number of fused-ring (bicyclic) bond motifs is 1. The van der Waals surface area contributed by atoms with Crippen molar-refractivity contribution in [3.05, 3.63) is 83.7 Å². The first-order chi connectivity index (χ1) is 20.4. The van der Waals surface area contributed by atoms with Crippen LogP contribution in [0, 0.1) is 11.3 Å². The highest BCUT2D eigenvalue weighted by Crippen LogP contribution is 2.45. The third kappa shape index (κ3) is 5.18. The van der Waals surface area contributed by atoms with Crippen LogP contribution in [-0.2, 0) is 4.79 Å². The van der Waals surface area contributed by atoms with Gasteiger partial charge in [-0.2, -0.15) is 5.26 Å². The molecule has 42 heavy (non-hydrogen) atoms. The molecule has 8 nitrogen and oxygen atoms in total. The number of aromatic nitrogens is 2. The Hall–Kier alpha value is -4.77. The Morgan fingerprint density at radius 3 is 2.33 bits per heavy atom. The highest BCUT2D eigenvalue weighted by atomic mass is 16.2. The van der Waals surface area contributed by atoms with E-state index in [0.29, 0.717) is 42.2 Å². The second kappa shape index (κ2) is 11.2. The van der Waals surface area contributed by atoms with E-state index in [9.17, 15) is 14.9 Å². The molecule has 4 aromatic rings. The number of nitrogens with zero attached hydrogens (tertiary/aromatic N) is 5. The summed E-state index contributed by atoms with van der Waals surface area (Å²) in [5.74, 6) is 1.14. The lowest BCUT2D eigenvalue weighted by Gasteiger charge is -2.45. The van der Waals surface area contributed by atoms with Crippen LogP contribution in [0.15, 0.2) is 67.0 Å². The topological polar surface area (TPSA) is 102 Å². The van der Waals surface area contributed by atoms with Crippen LogP contribution in [0.25, 0.3) is 22.0 Å². The maximum atomic E-state index is 13.6. The molecule has 1 saturated heterocycles. The van der Waals surface area contributed by atoms with Crippen LogP contribution in [0.5, 0.6) is 0 Å². The molecular weight excluding hydrogens is 524 g/mol. The van der Waals surface area contributed by atoms with Crippen molar-refractivity contribution in [2.45, 2.75) is 58.0 Å². The molecule has 1 aliphatic carbocycles. The van der Waals surface area contributed by atoms with Crippen molar-refractivity contribution in [2.75, 3.05) is 23.3 Å². The first-order valence-electron chi connectivity index (χ1n) is 14.6. The number of rotatable bonds is 6. The molecule has 1 saturated carbocycles. The van der Waals surface area contributed by atoms with Crippen molar-refractivity contribution in [2.24, 2.45) is 0 Å². The van der Waals surface area contributed by atoms with Gasteiger partial charge in [-0.3, -0.25) is 14.6 Å².